The van der Waals surface area contributed by atoms with Crippen molar-refractivity contribution in [1.82, 2.24) is 5.32 Å². The molecule has 0 heterocycles. The Bertz CT molecular complexity index is 374. The third-order valence-electron chi connectivity index (χ3n) is 4.96. The van der Waals surface area contributed by atoms with Crippen molar-refractivity contribution in [2.24, 2.45) is 5.92 Å². The molecule has 1 nitrogen and oxygen atoms in total. The first kappa shape index (κ1) is 12.2. The summed E-state index contributed by atoms with van der Waals surface area (Å²) in [4.78, 5) is 0. The molecule has 3 rings (SSSR count). The van der Waals surface area contributed by atoms with Crippen molar-refractivity contribution in [3.8, 4) is 0 Å². The van der Waals surface area contributed by atoms with Crippen LogP contribution in [0.15, 0.2) is 30.3 Å². The van der Waals surface area contributed by atoms with Gasteiger partial charge in [0.2, 0.25) is 0 Å². The summed E-state index contributed by atoms with van der Waals surface area (Å²) in [7, 11) is 0. The maximum absolute atomic E-state index is 3.83. The predicted molar refractivity (Wildman–Crippen MR) is 76.8 cm³/mol. The van der Waals surface area contributed by atoms with Gasteiger partial charge in [0.1, 0.15) is 0 Å². The molecule has 0 saturated heterocycles. The molecular weight excluding hydrogens is 218 g/mol. The minimum absolute atomic E-state index is 0.429. The zero-order valence-corrected chi connectivity index (χ0v) is 11.5. The summed E-state index contributed by atoms with van der Waals surface area (Å²) in [6.45, 7) is 3.36. The molecule has 0 bridgehead atoms. The van der Waals surface area contributed by atoms with Gasteiger partial charge in [-0.1, -0.05) is 50.1 Å². The van der Waals surface area contributed by atoms with E-state index < -0.39 is 0 Å². The molecule has 1 heteroatoms. The Kier molecular flexibility index (Phi) is 3.43. The molecule has 1 N–H and O–H groups in total. The summed E-state index contributed by atoms with van der Waals surface area (Å²) < 4.78 is 0. The quantitative estimate of drug-likeness (QED) is 0.827. The molecule has 2 aliphatic rings. The SMILES string of the molecule is CCNC(C1CC1)C1(c2ccccc2)CCCC1. The summed E-state index contributed by atoms with van der Waals surface area (Å²) >= 11 is 0. The molecule has 0 aromatic heterocycles. The normalized spacial score (nSPS) is 24.1. The highest BCUT2D eigenvalue weighted by Gasteiger charge is 2.48. The van der Waals surface area contributed by atoms with Crippen molar-refractivity contribution in [2.45, 2.75) is 56.9 Å². The number of likely N-dealkylation sites (N-methyl/N-ethyl adjacent to an activating group) is 1. The average molecular weight is 243 g/mol. The summed E-state index contributed by atoms with van der Waals surface area (Å²) in [6, 6.07) is 12.0. The number of rotatable bonds is 5. The van der Waals surface area contributed by atoms with Gasteiger partial charge in [-0.15, -0.1) is 0 Å². The number of hydrogen-bond donors (Lipinski definition) is 1. The maximum atomic E-state index is 3.83. The molecule has 0 spiro atoms. The lowest BCUT2D eigenvalue weighted by Gasteiger charge is -2.39. The van der Waals surface area contributed by atoms with Gasteiger partial charge >= 0.3 is 0 Å². The van der Waals surface area contributed by atoms with Gasteiger partial charge in [-0.05, 0) is 43.7 Å². The van der Waals surface area contributed by atoms with Gasteiger partial charge in [0, 0.05) is 11.5 Å². The molecule has 0 amide bonds. The molecule has 98 valence electrons. The van der Waals surface area contributed by atoms with Crippen LogP contribution in [-0.2, 0) is 5.41 Å². The highest BCUT2D eigenvalue weighted by atomic mass is 14.9. The third kappa shape index (κ3) is 2.09. The lowest BCUT2D eigenvalue weighted by Crippen LogP contribution is -2.48. The van der Waals surface area contributed by atoms with Gasteiger partial charge < -0.3 is 5.32 Å². The molecule has 0 aliphatic heterocycles. The van der Waals surface area contributed by atoms with E-state index in [-0.39, 0.29) is 0 Å². The molecule has 0 radical (unpaired) electrons. The third-order valence-corrected chi connectivity index (χ3v) is 4.96. The second-order valence-electron chi connectivity index (χ2n) is 6.10. The lowest BCUT2D eigenvalue weighted by atomic mass is 9.71. The standard InChI is InChI=1S/C17H25N/c1-2-18-16(14-10-11-14)17(12-6-7-13-17)15-8-4-3-5-9-15/h3-5,8-9,14,16,18H,2,6-7,10-13H2,1H3. The van der Waals surface area contributed by atoms with Crippen LogP contribution in [0.2, 0.25) is 0 Å². The minimum Gasteiger partial charge on any atom is -0.313 e. The van der Waals surface area contributed by atoms with Crippen molar-refractivity contribution in [3.63, 3.8) is 0 Å². The highest BCUT2D eigenvalue weighted by Crippen LogP contribution is 2.50. The summed E-state index contributed by atoms with van der Waals surface area (Å²) in [6.07, 6.45) is 8.45. The van der Waals surface area contributed by atoms with Crippen LogP contribution in [0.4, 0.5) is 0 Å². The van der Waals surface area contributed by atoms with Crippen LogP contribution in [0.1, 0.15) is 51.0 Å². The van der Waals surface area contributed by atoms with Crippen molar-refractivity contribution in [3.05, 3.63) is 35.9 Å². The van der Waals surface area contributed by atoms with Crippen molar-refractivity contribution in [2.75, 3.05) is 6.54 Å². The predicted octanol–water partition coefficient (Wildman–Crippen LogP) is 3.89. The van der Waals surface area contributed by atoms with Gasteiger partial charge in [0.15, 0.2) is 0 Å². The van der Waals surface area contributed by atoms with Crippen LogP contribution in [0.5, 0.6) is 0 Å². The monoisotopic (exact) mass is 243 g/mol. The average Bonchev–Trinajstić information content (AvgIpc) is 3.14. The first-order valence-corrected chi connectivity index (χ1v) is 7.66. The molecule has 1 unspecified atom stereocenters. The smallest absolute Gasteiger partial charge is 0.0192 e. The van der Waals surface area contributed by atoms with E-state index in [2.05, 4.69) is 42.6 Å². The molecule has 2 fully saturated rings. The fourth-order valence-electron chi connectivity index (χ4n) is 4.02. The van der Waals surface area contributed by atoms with Gasteiger partial charge in [0.05, 0.1) is 0 Å². The number of hydrogen-bond acceptors (Lipinski definition) is 1. The van der Waals surface area contributed by atoms with Gasteiger partial charge in [0.25, 0.3) is 0 Å². The first-order valence-electron chi connectivity index (χ1n) is 7.66. The zero-order valence-electron chi connectivity index (χ0n) is 11.5. The molecular formula is C17H25N. The number of nitrogens with one attached hydrogen (secondary N) is 1. The fourth-order valence-corrected chi connectivity index (χ4v) is 4.02. The van der Waals surface area contributed by atoms with E-state index in [1.165, 1.54) is 38.5 Å². The minimum atomic E-state index is 0.429. The topological polar surface area (TPSA) is 12.0 Å². The largest absolute Gasteiger partial charge is 0.313 e. The zero-order chi connectivity index (χ0) is 12.4. The summed E-state index contributed by atoms with van der Waals surface area (Å²) in [5, 5.41) is 3.83. The molecule has 2 aliphatic carbocycles. The van der Waals surface area contributed by atoms with Crippen LogP contribution in [0, 0.1) is 5.92 Å². The van der Waals surface area contributed by atoms with Crippen molar-refractivity contribution < 1.29 is 0 Å². The van der Waals surface area contributed by atoms with Gasteiger partial charge in [-0.2, -0.15) is 0 Å². The Morgan fingerprint density at radius 2 is 1.83 bits per heavy atom. The Hall–Kier alpha value is -0.820. The van der Waals surface area contributed by atoms with E-state index in [9.17, 15) is 0 Å². The molecule has 2 saturated carbocycles. The van der Waals surface area contributed by atoms with Crippen LogP contribution < -0.4 is 5.32 Å². The second kappa shape index (κ2) is 5.05. The summed E-state index contributed by atoms with van der Waals surface area (Å²) in [5.41, 5.74) is 2.01. The second-order valence-corrected chi connectivity index (χ2v) is 6.10. The van der Waals surface area contributed by atoms with E-state index in [0.29, 0.717) is 11.5 Å². The summed E-state index contributed by atoms with van der Waals surface area (Å²) in [5.74, 6) is 0.934. The van der Waals surface area contributed by atoms with E-state index in [1.807, 2.05) is 0 Å². The van der Waals surface area contributed by atoms with E-state index in [0.717, 1.165) is 12.5 Å². The molecule has 18 heavy (non-hydrogen) atoms. The first-order chi connectivity index (χ1) is 8.87. The van der Waals surface area contributed by atoms with Gasteiger partial charge in [-0.3, -0.25) is 0 Å². The van der Waals surface area contributed by atoms with Crippen molar-refractivity contribution in [1.29, 1.82) is 0 Å². The van der Waals surface area contributed by atoms with Crippen LogP contribution in [0.25, 0.3) is 0 Å². The Balaban J connectivity index is 1.94. The van der Waals surface area contributed by atoms with E-state index in [1.54, 1.807) is 5.56 Å². The number of benzene rings is 1. The highest BCUT2D eigenvalue weighted by molar-refractivity contribution is 5.30. The maximum Gasteiger partial charge on any atom is 0.0192 e. The fraction of sp³-hybridized carbons (Fsp3) is 0.647. The van der Waals surface area contributed by atoms with Crippen LogP contribution in [-0.4, -0.2) is 12.6 Å². The van der Waals surface area contributed by atoms with Crippen LogP contribution >= 0.6 is 0 Å². The van der Waals surface area contributed by atoms with Crippen molar-refractivity contribution >= 4 is 0 Å². The van der Waals surface area contributed by atoms with E-state index >= 15 is 0 Å². The Labute approximate surface area is 111 Å². The Morgan fingerprint density at radius 1 is 1.17 bits per heavy atom. The van der Waals surface area contributed by atoms with E-state index in [4.69, 9.17) is 0 Å². The molecule has 1 aromatic carbocycles. The Morgan fingerprint density at radius 3 is 2.39 bits per heavy atom. The van der Waals surface area contributed by atoms with Crippen LogP contribution in [0.3, 0.4) is 0 Å². The van der Waals surface area contributed by atoms with Gasteiger partial charge in [-0.25, -0.2) is 0 Å². The lowest BCUT2D eigenvalue weighted by molar-refractivity contribution is 0.271. The molecule has 1 aromatic rings. The molecule has 1 atom stereocenters.